The maximum Gasteiger partial charge on any atom is 0.350 e. The molecule has 0 radical (unpaired) electrons. The van der Waals surface area contributed by atoms with Gasteiger partial charge in [0, 0.05) is 12.2 Å². The standard InChI is InChI=1S/C17H22N2O4S/c1-4-22-14-8-6-13(7-9-14)18-17-19(10-11-20)12(3)15(24-17)16(21)23-5-2/h6-9,20H,4-5,10-11H2,1-3H3/b18-17+. The number of hydrogen-bond acceptors (Lipinski definition) is 6. The summed E-state index contributed by atoms with van der Waals surface area (Å²) in [5.41, 5.74) is 1.50. The van der Waals surface area contributed by atoms with Crippen molar-refractivity contribution in [3.05, 3.63) is 39.6 Å². The van der Waals surface area contributed by atoms with Crippen LogP contribution < -0.4 is 9.54 Å². The SMILES string of the molecule is CCOC(=O)c1s/c(=N/c2ccc(OCC)cc2)n(CCO)c1C. The molecule has 0 aliphatic heterocycles. The molecule has 1 N–H and O–H groups in total. The molecule has 2 aromatic rings. The lowest BCUT2D eigenvalue weighted by molar-refractivity contribution is 0.0530. The minimum Gasteiger partial charge on any atom is -0.494 e. The maximum absolute atomic E-state index is 12.1. The number of carbonyl (C=O) groups excluding carboxylic acids is 1. The molecular formula is C17H22N2O4S. The summed E-state index contributed by atoms with van der Waals surface area (Å²) < 4.78 is 12.3. The van der Waals surface area contributed by atoms with Crippen molar-refractivity contribution in [2.45, 2.75) is 27.3 Å². The molecule has 0 amide bonds. The zero-order valence-corrected chi connectivity index (χ0v) is 14.9. The summed E-state index contributed by atoms with van der Waals surface area (Å²) in [4.78, 5) is 17.8. The Morgan fingerprint density at radius 1 is 1.25 bits per heavy atom. The van der Waals surface area contributed by atoms with Crippen molar-refractivity contribution < 1.29 is 19.4 Å². The minimum atomic E-state index is -0.361. The summed E-state index contributed by atoms with van der Waals surface area (Å²) >= 11 is 1.26. The van der Waals surface area contributed by atoms with Crippen LogP contribution in [0.2, 0.25) is 0 Å². The van der Waals surface area contributed by atoms with E-state index in [2.05, 4.69) is 4.99 Å². The van der Waals surface area contributed by atoms with E-state index in [0.29, 0.717) is 29.4 Å². The molecule has 2 rings (SSSR count). The molecule has 7 heteroatoms. The second-order valence-electron chi connectivity index (χ2n) is 4.93. The molecule has 0 saturated carbocycles. The van der Waals surface area contributed by atoms with Crippen LogP contribution in [0.4, 0.5) is 5.69 Å². The normalized spacial score (nSPS) is 11.6. The molecule has 0 saturated heterocycles. The number of esters is 1. The lowest BCUT2D eigenvalue weighted by atomic mass is 10.3. The Hall–Kier alpha value is -2.12. The van der Waals surface area contributed by atoms with Crippen molar-refractivity contribution in [2.75, 3.05) is 19.8 Å². The Labute approximate surface area is 145 Å². The lowest BCUT2D eigenvalue weighted by Gasteiger charge is -2.05. The van der Waals surface area contributed by atoms with Crippen LogP contribution in [0.25, 0.3) is 0 Å². The zero-order chi connectivity index (χ0) is 17.5. The van der Waals surface area contributed by atoms with Gasteiger partial charge in [0.1, 0.15) is 10.6 Å². The van der Waals surface area contributed by atoms with E-state index in [4.69, 9.17) is 9.47 Å². The monoisotopic (exact) mass is 350 g/mol. The van der Waals surface area contributed by atoms with E-state index in [1.807, 2.05) is 42.7 Å². The van der Waals surface area contributed by atoms with Gasteiger partial charge in [-0.1, -0.05) is 11.3 Å². The number of benzene rings is 1. The van der Waals surface area contributed by atoms with E-state index in [1.165, 1.54) is 11.3 Å². The van der Waals surface area contributed by atoms with E-state index in [9.17, 15) is 9.90 Å². The molecular weight excluding hydrogens is 328 g/mol. The first kappa shape index (κ1) is 18.2. The van der Waals surface area contributed by atoms with Gasteiger partial charge < -0.3 is 19.1 Å². The quantitative estimate of drug-likeness (QED) is 0.779. The van der Waals surface area contributed by atoms with Gasteiger partial charge in [0.25, 0.3) is 0 Å². The number of nitrogens with zero attached hydrogens (tertiary/aromatic N) is 2. The maximum atomic E-state index is 12.1. The fourth-order valence-corrected chi connectivity index (χ4v) is 3.29. The summed E-state index contributed by atoms with van der Waals surface area (Å²) in [5.74, 6) is 0.425. The molecule has 1 heterocycles. The molecule has 1 aromatic heterocycles. The average Bonchev–Trinajstić information content (AvgIpc) is 2.87. The van der Waals surface area contributed by atoms with Crippen LogP contribution in [0.5, 0.6) is 5.75 Å². The van der Waals surface area contributed by atoms with Crippen molar-refractivity contribution in [2.24, 2.45) is 4.99 Å². The lowest BCUT2D eigenvalue weighted by Crippen LogP contribution is -2.18. The number of carbonyl (C=O) groups is 1. The van der Waals surface area contributed by atoms with Gasteiger partial charge in [-0.25, -0.2) is 9.79 Å². The highest BCUT2D eigenvalue weighted by Crippen LogP contribution is 2.19. The molecule has 1 aromatic carbocycles. The third-order valence-corrected chi connectivity index (χ3v) is 4.48. The molecule has 0 unspecified atom stereocenters. The molecule has 0 fully saturated rings. The van der Waals surface area contributed by atoms with Crippen LogP contribution in [-0.2, 0) is 11.3 Å². The van der Waals surface area contributed by atoms with Crippen LogP contribution in [0, 0.1) is 6.92 Å². The van der Waals surface area contributed by atoms with Crippen molar-refractivity contribution in [1.29, 1.82) is 0 Å². The van der Waals surface area contributed by atoms with Gasteiger partial charge in [-0.05, 0) is 45.0 Å². The summed E-state index contributed by atoms with van der Waals surface area (Å²) in [6.45, 7) is 6.81. The highest BCUT2D eigenvalue weighted by molar-refractivity contribution is 7.11. The number of rotatable bonds is 7. The minimum absolute atomic E-state index is 0.0314. The molecule has 24 heavy (non-hydrogen) atoms. The Morgan fingerprint density at radius 3 is 2.54 bits per heavy atom. The fraction of sp³-hybridized carbons (Fsp3) is 0.412. The van der Waals surface area contributed by atoms with Crippen molar-refractivity contribution in [1.82, 2.24) is 4.57 Å². The fourth-order valence-electron chi connectivity index (χ4n) is 2.21. The second kappa shape index (κ2) is 8.65. The second-order valence-corrected chi connectivity index (χ2v) is 5.91. The molecule has 0 spiro atoms. The van der Waals surface area contributed by atoms with E-state index in [-0.39, 0.29) is 12.6 Å². The van der Waals surface area contributed by atoms with E-state index >= 15 is 0 Å². The first-order valence-electron chi connectivity index (χ1n) is 7.86. The predicted octanol–water partition coefficient (Wildman–Crippen LogP) is 2.66. The summed E-state index contributed by atoms with van der Waals surface area (Å²) in [7, 11) is 0. The molecule has 130 valence electrons. The molecule has 0 atom stereocenters. The highest BCUT2D eigenvalue weighted by atomic mass is 32.1. The Bertz CT molecular complexity index is 747. The van der Waals surface area contributed by atoms with E-state index in [0.717, 1.165) is 17.1 Å². The summed E-state index contributed by atoms with van der Waals surface area (Å²) in [6.07, 6.45) is 0. The smallest absolute Gasteiger partial charge is 0.350 e. The van der Waals surface area contributed by atoms with Gasteiger partial charge in [0.05, 0.1) is 25.5 Å². The van der Waals surface area contributed by atoms with E-state index < -0.39 is 0 Å². The topological polar surface area (TPSA) is 73.0 Å². The van der Waals surface area contributed by atoms with Gasteiger partial charge in [-0.2, -0.15) is 0 Å². The number of ether oxygens (including phenoxy) is 2. The number of aliphatic hydroxyl groups is 1. The van der Waals surface area contributed by atoms with Gasteiger partial charge >= 0.3 is 5.97 Å². The first-order valence-corrected chi connectivity index (χ1v) is 8.68. The van der Waals surface area contributed by atoms with Crippen LogP contribution in [0.1, 0.15) is 29.2 Å². The van der Waals surface area contributed by atoms with Crippen LogP contribution in [-0.4, -0.2) is 35.5 Å². The predicted molar refractivity (Wildman–Crippen MR) is 92.9 cm³/mol. The van der Waals surface area contributed by atoms with Crippen LogP contribution in [0.3, 0.4) is 0 Å². The zero-order valence-electron chi connectivity index (χ0n) is 14.1. The summed E-state index contributed by atoms with van der Waals surface area (Å²) in [6, 6.07) is 7.41. The number of thiazole rings is 1. The third-order valence-electron chi connectivity index (χ3n) is 3.31. The largest absolute Gasteiger partial charge is 0.494 e. The first-order chi connectivity index (χ1) is 11.6. The Kier molecular flexibility index (Phi) is 6.57. The number of aliphatic hydroxyl groups excluding tert-OH is 1. The van der Waals surface area contributed by atoms with Gasteiger partial charge in [-0.15, -0.1) is 0 Å². The summed E-state index contributed by atoms with van der Waals surface area (Å²) in [5, 5.41) is 9.29. The highest BCUT2D eigenvalue weighted by Gasteiger charge is 2.17. The molecule has 6 nitrogen and oxygen atoms in total. The number of aromatic nitrogens is 1. The Balaban J connectivity index is 2.43. The Morgan fingerprint density at radius 2 is 1.96 bits per heavy atom. The average molecular weight is 350 g/mol. The van der Waals surface area contributed by atoms with Gasteiger partial charge in [0.15, 0.2) is 4.80 Å². The van der Waals surface area contributed by atoms with Gasteiger partial charge in [0.2, 0.25) is 0 Å². The van der Waals surface area contributed by atoms with Crippen molar-refractivity contribution >= 4 is 23.0 Å². The molecule has 0 bridgehead atoms. The van der Waals surface area contributed by atoms with Crippen LogP contribution >= 0.6 is 11.3 Å². The van der Waals surface area contributed by atoms with Crippen molar-refractivity contribution in [3.8, 4) is 5.75 Å². The molecule has 0 aliphatic carbocycles. The van der Waals surface area contributed by atoms with E-state index in [1.54, 1.807) is 6.92 Å². The number of hydrogen-bond donors (Lipinski definition) is 1. The third kappa shape index (κ3) is 4.24. The molecule has 0 aliphatic rings. The van der Waals surface area contributed by atoms with Gasteiger partial charge in [-0.3, -0.25) is 0 Å². The van der Waals surface area contributed by atoms with Crippen molar-refractivity contribution in [3.63, 3.8) is 0 Å². The van der Waals surface area contributed by atoms with Crippen LogP contribution in [0.15, 0.2) is 29.3 Å².